The second-order valence-electron chi connectivity index (χ2n) is 7.97. The van der Waals surface area contributed by atoms with E-state index in [-0.39, 0.29) is 5.91 Å². The predicted molar refractivity (Wildman–Crippen MR) is 133 cm³/mol. The summed E-state index contributed by atoms with van der Waals surface area (Å²) >= 11 is 0. The fourth-order valence-corrected chi connectivity index (χ4v) is 3.82. The lowest BCUT2D eigenvalue weighted by molar-refractivity contribution is 0.102. The van der Waals surface area contributed by atoms with Gasteiger partial charge in [-0.3, -0.25) is 14.8 Å². The third kappa shape index (κ3) is 5.03. The molecule has 0 radical (unpaired) electrons. The zero-order chi connectivity index (χ0) is 22.5. The minimum Gasteiger partial charge on any atom is -0.381 e. The molecule has 5 rings (SSSR count). The van der Waals surface area contributed by atoms with Crippen LogP contribution in [0, 0.1) is 0 Å². The summed E-state index contributed by atoms with van der Waals surface area (Å²) in [4.78, 5) is 21.5. The molecule has 0 spiro atoms. The van der Waals surface area contributed by atoms with Crippen LogP contribution < -0.4 is 21.3 Å². The van der Waals surface area contributed by atoms with E-state index in [1.165, 1.54) is 0 Å². The number of anilines is 2. The Morgan fingerprint density at radius 2 is 1.27 bits per heavy atom. The van der Waals surface area contributed by atoms with Gasteiger partial charge in [0.1, 0.15) is 11.7 Å². The highest BCUT2D eigenvalue weighted by Gasteiger charge is 2.10. The predicted octanol–water partition coefficient (Wildman–Crippen LogP) is 3.25. The van der Waals surface area contributed by atoms with Gasteiger partial charge in [0.25, 0.3) is 5.91 Å². The Balaban J connectivity index is 1.14. The molecule has 0 aliphatic carbocycles. The smallest absolute Gasteiger partial charge is 0.255 e. The van der Waals surface area contributed by atoms with Crippen molar-refractivity contribution in [1.29, 1.82) is 0 Å². The highest BCUT2D eigenvalue weighted by molar-refractivity contribution is 6.05. The van der Waals surface area contributed by atoms with Crippen molar-refractivity contribution < 1.29 is 4.79 Å². The van der Waals surface area contributed by atoms with Crippen LogP contribution >= 0.6 is 0 Å². The lowest BCUT2D eigenvalue weighted by Crippen LogP contribution is -2.19. The first-order valence-corrected chi connectivity index (χ1v) is 11.2. The van der Waals surface area contributed by atoms with Crippen LogP contribution in [0.3, 0.4) is 0 Å². The van der Waals surface area contributed by atoms with Crippen LogP contribution in [0.5, 0.6) is 0 Å². The van der Waals surface area contributed by atoms with Gasteiger partial charge in [0.2, 0.25) is 0 Å². The third-order valence-electron chi connectivity index (χ3n) is 5.64. The number of amides is 1. The van der Waals surface area contributed by atoms with E-state index in [4.69, 9.17) is 0 Å². The van der Waals surface area contributed by atoms with Crippen LogP contribution in [0.15, 0.2) is 82.8 Å². The molecule has 0 fully saturated rings. The molecule has 3 aromatic carbocycles. The molecule has 4 N–H and O–H groups in total. The van der Waals surface area contributed by atoms with E-state index in [0.717, 1.165) is 65.9 Å². The Kier molecular flexibility index (Phi) is 6.01. The molecule has 0 aromatic heterocycles. The highest BCUT2D eigenvalue weighted by Crippen LogP contribution is 2.15. The first kappa shape index (κ1) is 20.8. The van der Waals surface area contributed by atoms with Gasteiger partial charge in [-0.25, -0.2) is 0 Å². The fourth-order valence-electron chi connectivity index (χ4n) is 3.82. The number of benzene rings is 3. The number of nitrogens with zero attached hydrogens (tertiary/aromatic N) is 2. The highest BCUT2D eigenvalue weighted by atomic mass is 16.1. The van der Waals surface area contributed by atoms with E-state index in [9.17, 15) is 4.79 Å². The number of carbonyl (C=O) groups excluding carboxylic acids is 1. The van der Waals surface area contributed by atoms with Gasteiger partial charge < -0.3 is 21.3 Å². The van der Waals surface area contributed by atoms with Gasteiger partial charge in [0, 0.05) is 47.7 Å². The number of aliphatic imine (C=N–C) groups is 2. The van der Waals surface area contributed by atoms with Gasteiger partial charge >= 0.3 is 0 Å². The number of nitrogens with one attached hydrogen (secondary N) is 4. The molecule has 7 heteroatoms. The zero-order valence-electron chi connectivity index (χ0n) is 18.3. The summed E-state index contributed by atoms with van der Waals surface area (Å²) in [6, 6.07) is 23.6. The van der Waals surface area contributed by atoms with Crippen molar-refractivity contribution in [2.24, 2.45) is 9.98 Å². The Labute approximate surface area is 193 Å². The van der Waals surface area contributed by atoms with Crippen molar-refractivity contribution >= 4 is 29.0 Å². The minimum atomic E-state index is -0.127. The van der Waals surface area contributed by atoms with Gasteiger partial charge in [0.15, 0.2) is 0 Å². The van der Waals surface area contributed by atoms with Crippen LogP contribution in [-0.4, -0.2) is 43.8 Å². The molecule has 0 bridgehead atoms. The molecule has 166 valence electrons. The summed E-state index contributed by atoms with van der Waals surface area (Å²) in [7, 11) is 0. The van der Waals surface area contributed by atoms with E-state index in [2.05, 4.69) is 55.5 Å². The normalized spacial score (nSPS) is 14.7. The van der Waals surface area contributed by atoms with Gasteiger partial charge in [-0.05, 0) is 66.2 Å². The fraction of sp³-hybridized carbons (Fsp3) is 0.192. The van der Waals surface area contributed by atoms with E-state index < -0.39 is 0 Å². The third-order valence-corrected chi connectivity index (χ3v) is 5.64. The molecular weight excluding hydrogens is 412 g/mol. The summed E-state index contributed by atoms with van der Waals surface area (Å²) in [5.74, 6) is 1.75. The number of carbonyl (C=O) groups is 1. The zero-order valence-corrected chi connectivity index (χ0v) is 18.3. The van der Waals surface area contributed by atoms with E-state index >= 15 is 0 Å². The summed E-state index contributed by atoms with van der Waals surface area (Å²) in [5, 5.41) is 12.9. The lowest BCUT2D eigenvalue weighted by atomic mass is 10.1. The maximum absolute atomic E-state index is 12.6. The topological polar surface area (TPSA) is 89.9 Å². The van der Waals surface area contributed by atoms with Crippen LogP contribution in [-0.2, 0) is 6.54 Å². The Bertz CT molecular complexity index is 1180. The molecule has 33 heavy (non-hydrogen) atoms. The van der Waals surface area contributed by atoms with Gasteiger partial charge in [-0.1, -0.05) is 12.1 Å². The van der Waals surface area contributed by atoms with Crippen molar-refractivity contribution in [2.45, 2.75) is 6.54 Å². The quantitative estimate of drug-likeness (QED) is 0.456. The van der Waals surface area contributed by atoms with Crippen molar-refractivity contribution in [3.63, 3.8) is 0 Å². The summed E-state index contributed by atoms with van der Waals surface area (Å²) in [6.07, 6.45) is 0. The molecule has 3 aromatic rings. The van der Waals surface area contributed by atoms with Crippen molar-refractivity contribution in [3.05, 3.63) is 95.1 Å². The van der Waals surface area contributed by atoms with Gasteiger partial charge in [-0.2, -0.15) is 0 Å². The standard InChI is InChI=1S/C26H26N6O/c33-26(32-23-11-7-20(8-12-23)25-29-15-16-30-25)21-3-1-18(2-4-21)17-31-22-9-5-19(6-10-22)24-27-13-14-28-24/h1-12,31H,13-17H2,(H,27,28)(H,29,30)(H,32,33). The molecule has 0 atom stereocenters. The van der Waals surface area contributed by atoms with E-state index in [1.807, 2.05) is 48.5 Å². The first-order chi connectivity index (χ1) is 16.2. The number of amidine groups is 2. The molecule has 0 saturated heterocycles. The molecular formula is C26H26N6O. The summed E-state index contributed by atoms with van der Waals surface area (Å²) in [6.45, 7) is 4.10. The number of rotatable bonds is 7. The van der Waals surface area contributed by atoms with Crippen LogP contribution in [0.1, 0.15) is 27.0 Å². The van der Waals surface area contributed by atoms with E-state index in [0.29, 0.717) is 12.1 Å². The molecule has 2 heterocycles. The molecule has 7 nitrogen and oxygen atoms in total. The SMILES string of the molecule is O=C(Nc1ccc(C2=NCCN2)cc1)c1ccc(CNc2ccc(C3=NCCN3)cc2)cc1. The van der Waals surface area contributed by atoms with Crippen LogP contribution in [0.2, 0.25) is 0 Å². The lowest BCUT2D eigenvalue weighted by Gasteiger charge is -2.10. The van der Waals surface area contributed by atoms with Gasteiger partial charge in [0.05, 0.1) is 13.1 Å². The molecule has 2 aliphatic rings. The second-order valence-corrected chi connectivity index (χ2v) is 7.97. The average Bonchev–Trinajstić information content (AvgIpc) is 3.59. The Morgan fingerprint density at radius 1 is 0.727 bits per heavy atom. The van der Waals surface area contributed by atoms with Crippen molar-refractivity contribution in [2.75, 3.05) is 36.8 Å². The number of hydrogen-bond acceptors (Lipinski definition) is 6. The molecule has 1 amide bonds. The second kappa shape index (κ2) is 9.56. The van der Waals surface area contributed by atoms with E-state index in [1.54, 1.807) is 0 Å². The van der Waals surface area contributed by atoms with Gasteiger partial charge in [-0.15, -0.1) is 0 Å². The summed E-state index contributed by atoms with van der Waals surface area (Å²) in [5.41, 5.74) is 5.66. The molecule has 0 saturated carbocycles. The first-order valence-electron chi connectivity index (χ1n) is 11.2. The molecule has 2 aliphatic heterocycles. The van der Waals surface area contributed by atoms with Crippen molar-refractivity contribution in [3.8, 4) is 0 Å². The number of hydrogen-bond donors (Lipinski definition) is 4. The van der Waals surface area contributed by atoms with Crippen LogP contribution in [0.25, 0.3) is 0 Å². The van der Waals surface area contributed by atoms with Crippen molar-refractivity contribution in [1.82, 2.24) is 10.6 Å². The largest absolute Gasteiger partial charge is 0.381 e. The monoisotopic (exact) mass is 438 g/mol. The Morgan fingerprint density at radius 3 is 1.79 bits per heavy atom. The maximum Gasteiger partial charge on any atom is 0.255 e. The Hall–Kier alpha value is -4.13. The average molecular weight is 439 g/mol. The molecule has 0 unspecified atom stereocenters. The minimum absolute atomic E-state index is 0.127. The van der Waals surface area contributed by atoms with Crippen LogP contribution in [0.4, 0.5) is 11.4 Å². The maximum atomic E-state index is 12.6. The summed E-state index contributed by atoms with van der Waals surface area (Å²) < 4.78 is 0.